The first-order valence-electron chi connectivity index (χ1n) is 5.57. The molecule has 2 heterocycles. The molecule has 0 aromatic carbocycles. The molecule has 0 fully saturated rings. The van der Waals surface area contributed by atoms with Crippen molar-refractivity contribution in [2.75, 3.05) is 0 Å². The molecule has 0 saturated carbocycles. The molecule has 2 amide bonds. The largest absolute Gasteiger partial charge is 0.478 e. The highest BCUT2D eigenvalue weighted by Gasteiger charge is 2.31. The number of rotatable bonds is 3. The van der Waals surface area contributed by atoms with Crippen LogP contribution in [0.3, 0.4) is 0 Å². The standard InChI is InChI=1S/C12H13N3O3/c1-2-8-9(11(16)17)10(15-12(18)14-8)7-3-5-13-6-4-7/h3-6,10H,2H2,1H3,(H,16,17)(H2,14,15,18). The van der Waals surface area contributed by atoms with Gasteiger partial charge in [-0.05, 0) is 24.1 Å². The van der Waals surface area contributed by atoms with Crippen molar-refractivity contribution in [1.82, 2.24) is 15.6 Å². The van der Waals surface area contributed by atoms with Crippen molar-refractivity contribution in [3.8, 4) is 0 Å². The van der Waals surface area contributed by atoms with Crippen LogP contribution in [-0.2, 0) is 4.79 Å². The van der Waals surface area contributed by atoms with Crippen LogP contribution in [0.15, 0.2) is 35.8 Å². The number of nitrogens with one attached hydrogen (secondary N) is 2. The molecule has 1 aromatic rings. The number of allylic oxidation sites excluding steroid dienone is 1. The summed E-state index contributed by atoms with van der Waals surface area (Å²) >= 11 is 0. The van der Waals surface area contributed by atoms with Gasteiger partial charge in [0.05, 0.1) is 11.6 Å². The first-order chi connectivity index (χ1) is 8.63. The molecule has 1 aliphatic rings. The van der Waals surface area contributed by atoms with E-state index >= 15 is 0 Å². The average molecular weight is 247 g/mol. The number of carbonyl (C=O) groups is 2. The van der Waals surface area contributed by atoms with Gasteiger partial charge in [-0.25, -0.2) is 9.59 Å². The molecule has 18 heavy (non-hydrogen) atoms. The Bertz CT molecular complexity index is 511. The predicted molar refractivity (Wildman–Crippen MR) is 63.6 cm³/mol. The van der Waals surface area contributed by atoms with Crippen molar-refractivity contribution < 1.29 is 14.7 Å². The third kappa shape index (κ3) is 2.17. The highest BCUT2D eigenvalue weighted by molar-refractivity contribution is 5.93. The number of aliphatic carboxylic acids is 1. The molecule has 0 bridgehead atoms. The van der Waals surface area contributed by atoms with Gasteiger partial charge in [0.15, 0.2) is 0 Å². The van der Waals surface area contributed by atoms with Crippen molar-refractivity contribution in [1.29, 1.82) is 0 Å². The van der Waals surface area contributed by atoms with E-state index < -0.39 is 18.0 Å². The molecule has 0 radical (unpaired) electrons. The molecular weight excluding hydrogens is 234 g/mol. The van der Waals surface area contributed by atoms with Gasteiger partial charge in [-0.1, -0.05) is 6.92 Å². The van der Waals surface area contributed by atoms with E-state index in [1.54, 1.807) is 31.5 Å². The van der Waals surface area contributed by atoms with Crippen LogP contribution in [0.5, 0.6) is 0 Å². The lowest BCUT2D eigenvalue weighted by Gasteiger charge is -2.27. The Morgan fingerprint density at radius 1 is 1.44 bits per heavy atom. The van der Waals surface area contributed by atoms with Crippen molar-refractivity contribution in [2.24, 2.45) is 0 Å². The number of amides is 2. The molecule has 1 aliphatic heterocycles. The number of carbonyl (C=O) groups excluding carboxylic acids is 1. The smallest absolute Gasteiger partial charge is 0.335 e. The Hall–Kier alpha value is -2.37. The molecule has 0 spiro atoms. The zero-order valence-corrected chi connectivity index (χ0v) is 9.80. The van der Waals surface area contributed by atoms with Gasteiger partial charge in [0.2, 0.25) is 0 Å². The van der Waals surface area contributed by atoms with Crippen LogP contribution in [-0.4, -0.2) is 22.1 Å². The Labute approximate surface area is 104 Å². The summed E-state index contributed by atoms with van der Waals surface area (Å²) in [7, 11) is 0. The average Bonchev–Trinajstić information content (AvgIpc) is 2.38. The summed E-state index contributed by atoms with van der Waals surface area (Å²) in [6, 6.07) is 2.34. The van der Waals surface area contributed by atoms with Gasteiger partial charge < -0.3 is 15.7 Å². The summed E-state index contributed by atoms with van der Waals surface area (Å²) in [5, 5.41) is 14.4. The zero-order chi connectivity index (χ0) is 13.1. The molecule has 2 rings (SSSR count). The number of pyridine rings is 1. The third-order valence-corrected chi connectivity index (χ3v) is 2.78. The minimum absolute atomic E-state index is 0.170. The maximum Gasteiger partial charge on any atom is 0.335 e. The third-order valence-electron chi connectivity index (χ3n) is 2.78. The van der Waals surface area contributed by atoms with Crippen LogP contribution in [0.25, 0.3) is 0 Å². The van der Waals surface area contributed by atoms with Crippen LogP contribution in [0.2, 0.25) is 0 Å². The first kappa shape index (κ1) is 12.1. The van der Waals surface area contributed by atoms with Crippen LogP contribution >= 0.6 is 0 Å². The fourth-order valence-electron chi connectivity index (χ4n) is 1.96. The molecule has 1 atom stereocenters. The fourth-order valence-corrected chi connectivity index (χ4v) is 1.96. The molecule has 1 unspecified atom stereocenters. The molecule has 3 N–H and O–H groups in total. The van der Waals surface area contributed by atoms with Crippen molar-refractivity contribution >= 4 is 12.0 Å². The van der Waals surface area contributed by atoms with Crippen molar-refractivity contribution in [2.45, 2.75) is 19.4 Å². The number of hydrogen-bond donors (Lipinski definition) is 3. The Balaban J connectivity index is 2.50. The Kier molecular flexibility index (Phi) is 3.27. The lowest BCUT2D eigenvalue weighted by Crippen LogP contribution is -2.45. The number of nitrogens with zero attached hydrogens (tertiary/aromatic N) is 1. The molecule has 1 aromatic heterocycles. The van der Waals surface area contributed by atoms with Gasteiger partial charge in [0.25, 0.3) is 0 Å². The van der Waals surface area contributed by atoms with Gasteiger partial charge in [0, 0.05) is 18.1 Å². The van der Waals surface area contributed by atoms with E-state index in [9.17, 15) is 14.7 Å². The van der Waals surface area contributed by atoms with Gasteiger partial charge in [-0.3, -0.25) is 4.98 Å². The number of aromatic nitrogens is 1. The highest BCUT2D eigenvalue weighted by Crippen LogP contribution is 2.27. The van der Waals surface area contributed by atoms with E-state index in [4.69, 9.17) is 0 Å². The van der Waals surface area contributed by atoms with Gasteiger partial charge >= 0.3 is 12.0 Å². The Morgan fingerprint density at radius 2 is 2.11 bits per heavy atom. The van der Waals surface area contributed by atoms with Crippen molar-refractivity contribution in [3.63, 3.8) is 0 Å². The van der Waals surface area contributed by atoms with E-state index in [-0.39, 0.29) is 5.57 Å². The molecule has 0 aliphatic carbocycles. The lowest BCUT2D eigenvalue weighted by molar-refractivity contribution is -0.133. The maximum atomic E-state index is 11.5. The number of carboxylic acids is 1. The fraction of sp³-hybridized carbons (Fsp3) is 0.250. The first-order valence-corrected chi connectivity index (χ1v) is 5.57. The minimum atomic E-state index is -1.04. The number of carboxylic acid groups (broad SMARTS) is 1. The van der Waals surface area contributed by atoms with E-state index in [0.717, 1.165) is 0 Å². The maximum absolute atomic E-state index is 11.5. The zero-order valence-electron chi connectivity index (χ0n) is 9.80. The van der Waals surface area contributed by atoms with Crippen LogP contribution in [0.4, 0.5) is 4.79 Å². The number of hydrogen-bond acceptors (Lipinski definition) is 3. The second-order valence-electron chi connectivity index (χ2n) is 3.86. The van der Waals surface area contributed by atoms with E-state index in [1.165, 1.54) is 0 Å². The monoisotopic (exact) mass is 247 g/mol. The molecule has 6 nitrogen and oxygen atoms in total. The van der Waals surface area contributed by atoms with E-state index in [0.29, 0.717) is 17.7 Å². The summed E-state index contributed by atoms with van der Waals surface area (Å²) in [5.41, 5.74) is 1.31. The van der Waals surface area contributed by atoms with Crippen LogP contribution in [0.1, 0.15) is 24.9 Å². The summed E-state index contributed by atoms with van der Waals surface area (Å²) in [4.78, 5) is 26.7. The van der Waals surface area contributed by atoms with Crippen LogP contribution < -0.4 is 10.6 Å². The quantitative estimate of drug-likeness (QED) is 0.748. The van der Waals surface area contributed by atoms with E-state index in [1.807, 2.05) is 0 Å². The second-order valence-corrected chi connectivity index (χ2v) is 3.86. The van der Waals surface area contributed by atoms with Gasteiger partial charge in [0.1, 0.15) is 0 Å². The number of urea groups is 1. The molecular formula is C12H13N3O3. The van der Waals surface area contributed by atoms with Crippen molar-refractivity contribution in [3.05, 3.63) is 41.4 Å². The van der Waals surface area contributed by atoms with E-state index in [2.05, 4.69) is 15.6 Å². The summed E-state index contributed by atoms with van der Waals surface area (Å²) in [6.45, 7) is 1.80. The minimum Gasteiger partial charge on any atom is -0.478 e. The lowest BCUT2D eigenvalue weighted by atomic mass is 9.95. The molecule has 0 saturated heterocycles. The second kappa shape index (κ2) is 4.87. The SMILES string of the molecule is CCC1=C(C(=O)O)C(c2ccncc2)NC(=O)N1. The summed E-state index contributed by atoms with van der Waals surface area (Å²) in [5.74, 6) is -1.04. The normalized spacial score (nSPS) is 19.2. The topological polar surface area (TPSA) is 91.3 Å². The summed E-state index contributed by atoms with van der Waals surface area (Å²) in [6.07, 6.45) is 3.58. The van der Waals surface area contributed by atoms with Crippen LogP contribution in [0, 0.1) is 0 Å². The van der Waals surface area contributed by atoms with Gasteiger partial charge in [-0.15, -0.1) is 0 Å². The Morgan fingerprint density at radius 3 is 2.67 bits per heavy atom. The summed E-state index contributed by atoms with van der Waals surface area (Å²) < 4.78 is 0. The highest BCUT2D eigenvalue weighted by atomic mass is 16.4. The molecule has 6 heteroatoms. The molecule has 94 valence electrons. The van der Waals surface area contributed by atoms with Gasteiger partial charge in [-0.2, -0.15) is 0 Å². The predicted octanol–water partition coefficient (Wildman–Crippen LogP) is 1.18.